The van der Waals surface area contributed by atoms with Gasteiger partial charge >= 0.3 is 5.97 Å². The van der Waals surface area contributed by atoms with E-state index in [1.807, 2.05) is 6.92 Å². The Bertz CT molecular complexity index is 163. The summed E-state index contributed by atoms with van der Waals surface area (Å²) in [7, 11) is 0. The van der Waals surface area contributed by atoms with E-state index < -0.39 is 12.3 Å². The summed E-state index contributed by atoms with van der Waals surface area (Å²) in [4.78, 5) is 10.8. The lowest BCUT2D eigenvalue weighted by molar-refractivity contribution is -0.163. The van der Waals surface area contributed by atoms with E-state index in [-0.39, 0.29) is 0 Å². The van der Waals surface area contributed by atoms with Crippen LogP contribution in [0.4, 0.5) is 0 Å². The monoisotopic (exact) mass is 172 g/mol. The number of carbonyl (C=O) groups excluding carboxylic acids is 1. The van der Waals surface area contributed by atoms with Crippen LogP contribution in [0, 0.1) is 0 Å². The Morgan fingerprint density at radius 1 is 1.67 bits per heavy atom. The molecule has 1 atom stereocenters. The van der Waals surface area contributed by atoms with Crippen LogP contribution in [0.25, 0.3) is 0 Å². The fraction of sp³-hybridized carbons (Fsp3) is 0.667. The van der Waals surface area contributed by atoms with Crippen molar-refractivity contribution in [1.82, 2.24) is 0 Å². The molecule has 0 fully saturated rings. The molecule has 0 saturated heterocycles. The topological polar surface area (TPSA) is 46.5 Å². The first-order valence-electron chi connectivity index (χ1n) is 4.12. The van der Waals surface area contributed by atoms with E-state index in [0.29, 0.717) is 12.0 Å². The van der Waals surface area contributed by atoms with Crippen molar-refractivity contribution in [2.75, 3.05) is 0 Å². The lowest BCUT2D eigenvalue weighted by Gasteiger charge is -2.10. The van der Waals surface area contributed by atoms with Gasteiger partial charge in [-0.05, 0) is 13.3 Å². The van der Waals surface area contributed by atoms with Crippen molar-refractivity contribution in [3.8, 4) is 0 Å². The van der Waals surface area contributed by atoms with Crippen LogP contribution >= 0.6 is 0 Å². The van der Waals surface area contributed by atoms with E-state index in [0.717, 1.165) is 12.8 Å². The van der Waals surface area contributed by atoms with E-state index in [1.165, 1.54) is 0 Å². The SMILES string of the molecule is C=C(C)C(=O)OC(O)CCCC. The number of unbranched alkanes of at least 4 members (excludes halogenated alkanes) is 1. The second-order valence-corrected chi connectivity index (χ2v) is 2.78. The largest absolute Gasteiger partial charge is 0.433 e. The second-order valence-electron chi connectivity index (χ2n) is 2.78. The highest BCUT2D eigenvalue weighted by atomic mass is 16.6. The molecule has 0 aromatic carbocycles. The Balaban J connectivity index is 3.61. The van der Waals surface area contributed by atoms with E-state index in [2.05, 4.69) is 11.3 Å². The Morgan fingerprint density at radius 3 is 2.67 bits per heavy atom. The fourth-order valence-corrected chi connectivity index (χ4v) is 0.662. The van der Waals surface area contributed by atoms with Gasteiger partial charge in [-0.2, -0.15) is 0 Å². The molecule has 0 aliphatic heterocycles. The van der Waals surface area contributed by atoms with Gasteiger partial charge in [-0.15, -0.1) is 0 Å². The highest BCUT2D eigenvalue weighted by Crippen LogP contribution is 2.04. The quantitative estimate of drug-likeness (QED) is 0.389. The van der Waals surface area contributed by atoms with Crippen LogP contribution in [-0.2, 0) is 9.53 Å². The number of aliphatic hydroxyl groups excluding tert-OH is 1. The van der Waals surface area contributed by atoms with Crippen molar-refractivity contribution >= 4 is 5.97 Å². The predicted octanol–water partition coefficient (Wildman–Crippen LogP) is 1.61. The summed E-state index contributed by atoms with van der Waals surface area (Å²) in [5.74, 6) is -0.529. The van der Waals surface area contributed by atoms with Crippen LogP contribution < -0.4 is 0 Å². The summed E-state index contributed by atoms with van der Waals surface area (Å²) in [6.45, 7) is 6.96. The molecule has 0 aromatic rings. The molecular formula is C9H16O3. The minimum Gasteiger partial charge on any atom is -0.433 e. The third kappa shape index (κ3) is 4.91. The average Bonchev–Trinajstić information content (AvgIpc) is 2.00. The molecule has 0 saturated carbocycles. The van der Waals surface area contributed by atoms with Gasteiger partial charge in [-0.25, -0.2) is 4.79 Å². The van der Waals surface area contributed by atoms with Gasteiger partial charge in [-0.1, -0.05) is 19.9 Å². The molecule has 0 aliphatic rings. The molecule has 1 N–H and O–H groups in total. The minimum absolute atomic E-state index is 0.311. The van der Waals surface area contributed by atoms with Gasteiger partial charge in [0.05, 0.1) is 0 Å². The molecule has 0 bridgehead atoms. The number of carbonyl (C=O) groups is 1. The molecule has 3 heteroatoms. The highest BCUT2D eigenvalue weighted by molar-refractivity contribution is 5.86. The fourth-order valence-electron chi connectivity index (χ4n) is 0.662. The van der Waals surface area contributed by atoms with Crippen LogP contribution in [0.3, 0.4) is 0 Å². The van der Waals surface area contributed by atoms with E-state index in [4.69, 9.17) is 5.11 Å². The van der Waals surface area contributed by atoms with Crippen molar-refractivity contribution in [1.29, 1.82) is 0 Å². The first-order chi connectivity index (χ1) is 5.57. The summed E-state index contributed by atoms with van der Waals surface area (Å²) in [5.41, 5.74) is 0.311. The number of hydrogen-bond donors (Lipinski definition) is 1. The van der Waals surface area contributed by atoms with E-state index >= 15 is 0 Å². The molecule has 0 aromatic heterocycles. The highest BCUT2D eigenvalue weighted by Gasteiger charge is 2.10. The molecule has 12 heavy (non-hydrogen) atoms. The van der Waals surface area contributed by atoms with Crippen molar-refractivity contribution < 1.29 is 14.6 Å². The number of ether oxygens (including phenoxy) is 1. The predicted molar refractivity (Wildman–Crippen MR) is 46.4 cm³/mol. The zero-order chi connectivity index (χ0) is 9.56. The van der Waals surface area contributed by atoms with E-state index in [9.17, 15) is 4.79 Å². The maximum Gasteiger partial charge on any atom is 0.335 e. The summed E-state index contributed by atoms with van der Waals surface area (Å²) < 4.78 is 4.63. The van der Waals surface area contributed by atoms with Crippen molar-refractivity contribution in [3.63, 3.8) is 0 Å². The Morgan fingerprint density at radius 2 is 2.25 bits per heavy atom. The smallest absolute Gasteiger partial charge is 0.335 e. The molecule has 0 heterocycles. The molecule has 3 nitrogen and oxygen atoms in total. The molecule has 0 aliphatic carbocycles. The van der Waals surface area contributed by atoms with Gasteiger partial charge in [0.15, 0.2) is 0 Å². The first kappa shape index (κ1) is 11.2. The van der Waals surface area contributed by atoms with Gasteiger partial charge in [0.2, 0.25) is 6.29 Å². The normalized spacial score (nSPS) is 12.2. The number of hydrogen-bond acceptors (Lipinski definition) is 3. The molecule has 0 radical (unpaired) electrons. The van der Waals surface area contributed by atoms with Gasteiger partial charge in [0.25, 0.3) is 0 Å². The molecular weight excluding hydrogens is 156 g/mol. The Hall–Kier alpha value is -0.830. The van der Waals surface area contributed by atoms with E-state index in [1.54, 1.807) is 6.92 Å². The molecule has 0 spiro atoms. The van der Waals surface area contributed by atoms with Gasteiger partial charge in [-0.3, -0.25) is 0 Å². The van der Waals surface area contributed by atoms with Gasteiger partial charge in [0, 0.05) is 12.0 Å². The zero-order valence-corrected chi connectivity index (χ0v) is 7.67. The molecule has 1 unspecified atom stereocenters. The van der Waals surface area contributed by atoms with Crippen LogP contribution in [-0.4, -0.2) is 17.4 Å². The lowest BCUT2D eigenvalue weighted by Crippen LogP contribution is -2.17. The molecule has 0 rings (SSSR count). The minimum atomic E-state index is -0.978. The maximum atomic E-state index is 10.8. The average molecular weight is 172 g/mol. The van der Waals surface area contributed by atoms with Crippen molar-refractivity contribution in [3.05, 3.63) is 12.2 Å². The number of esters is 1. The summed E-state index contributed by atoms with van der Waals surface area (Å²) in [6.07, 6.45) is 1.34. The maximum absolute atomic E-state index is 10.8. The Kier molecular flexibility index (Phi) is 5.37. The van der Waals surface area contributed by atoms with Gasteiger partial charge in [0.1, 0.15) is 0 Å². The third-order valence-corrected chi connectivity index (χ3v) is 1.40. The lowest BCUT2D eigenvalue weighted by atomic mass is 10.2. The summed E-state index contributed by atoms with van der Waals surface area (Å²) >= 11 is 0. The number of aliphatic hydroxyl groups is 1. The van der Waals surface area contributed by atoms with Crippen LogP contribution in [0.2, 0.25) is 0 Å². The molecule has 0 amide bonds. The summed E-state index contributed by atoms with van der Waals surface area (Å²) in [6, 6.07) is 0. The first-order valence-corrected chi connectivity index (χ1v) is 4.12. The van der Waals surface area contributed by atoms with Gasteiger partial charge < -0.3 is 9.84 Å². The zero-order valence-electron chi connectivity index (χ0n) is 7.67. The molecule has 70 valence electrons. The third-order valence-electron chi connectivity index (χ3n) is 1.40. The standard InChI is InChI=1S/C9H16O3/c1-4-5-6-8(10)12-9(11)7(2)3/h8,10H,2,4-6H2,1,3H3. The van der Waals surface area contributed by atoms with Crippen LogP contribution in [0.1, 0.15) is 33.1 Å². The Labute approximate surface area is 73.0 Å². The summed E-state index contributed by atoms with van der Waals surface area (Å²) in [5, 5.41) is 9.12. The van der Waals surface area contributed by atoms with Crippen LogP contribution in [0.15, 0.2) is 12.2 Å². The van der Waals surface area contributed by atoms with Crippen molar-refractivity contribution in [2.24, 2.45) is 0 Å². The van der Waals surface area contributed by atoms with Crippen LogP contribution in [0.5, 0.6) is 0 Å². The van der Waals surface area contributed by atoms with Crippen molar-refractivity contribution in [2.45, 2.75) is 39.4 Å². The number of rotatable bonds is 5. The second kappa shape index (κ2) is 5.77.